The Morgan fingerprint density at radius 2 is 1.70 bits per heavy atom. The van der Waals surface area contributed by atoms with Gasteiger partial charge < -0.3 is 14.8 Å². The largest absolute Gasteiger partial charge is 0.346 e. The Bertz CT molecular complexity index is 1410. The van der Waals surface area contributed by atoms with Gasteiger partial charge in [-0.05, 0) is 59.8 Å². The monoisotopic (exact) mass is 501 g/mol. The molecule has 2 amide bonds. The van der Waals surface area contributed by atoms with E-state index in [-0.39, 0.29) is 11.8 Å². The van der Waals surface area contributed by atoms with Crippen molar-refractivity contribution in [2.24, 2.45) is 7.05 Å². The number of nitrogens with zero attached hydrogens (tertiary/aromatic N) is 2. The number of aromatic nitrogens is 1. The second kappa shape index (κ2) is 8.19. The number of likely N-dealkylation sites (N-methyl/N-ethyl adjacent to an activating group) is 1. The summed E-state index contributed by atoms with van der Waals surface area (Å²) in [5, 5.41) is 4.21. The minimum absolute atomic E-state index is 0.0790. The van der Waals surface area contributed by atoms with Crippen LogP contribution in [0.25, 0.3) is 10.9 Å². The van der Waals surface area contributed by atoms with Gasteiger partial charge in [-0.25, -0.2) is 0 Å². The van der Waals surface area contributed by atoms with Crippen molar-refractivity contribution in [2.75, 3.05) is 12.4 Å². The third-order valence-corrected chi connectivity index (χ3v) is 7.09. The predicted molar refractivity (Wildman–Crippen MR) is 134 cm³/mol. The Balaban J connectivity index is 1.66. The van der Waals surface area contributed by atoms with E-state index < -0.39 is 12.0 Å². The van der Waals surface area contributed by atoms with Crippen molar-refractivity contribution in [1.82, 2.24) is 9.47 Å². The number of fused-ring (bicyclic) bond motifs is 2. The SMILES string of the molecule is Cc1cc(Br)ccc1NC(=O)[C@H]1c2ccccc2C(=O)N(C)[C@@H]1c1cc2ccccc2n1C. The fourth-order valence-electron chi connectivity index (χ4n) is 4.90. The summed E-state index contributed by atoms with van der Waals surface area (Å²) in [6.07, 6.45) is 0. The van der Waals surface area contributed by atoms with Gasteiger partial charge in [0.15, 0.2) is 0 Å². The third-order valence-electron chi connectivity index (χ3n) is 6.60. The van der Waals surface area contributed by atoms with Crippen LogP contribution in [-0.2, 0) is 11.8 Å². The first-order chi connectivity index (χ1) is 15.9. The number of carbonyl (C=O) groups is 2. The molecule has 0 aliphatic carbocycles. The van der Waals surface area contributed by atoms with Crippen LogP contribution in [0.15, 0.2) is 77.3 Å². The highest BCUT2D eigenvalue weighted by molar-refractivity contribution is 9.10. The van der Waals surface area contributed by atoms with E-state index in [2.05, 4.69) is 44.0 Å². The molecule has 0 spiro atoms. The van der Waals surface area contributed by atoms with E-state index in [1.54, 1.807) is 18.0 Å². The van der Waals surface area contributed by atoms with Gasteiger partial charge in [0.25, 0.3) is 5.91 Å². The molecule has 0 unspecified atom stereocenters. The minimum Gasteiger partial charge on any atom is -0.346 e. The first kappa shape index (κ1) is 21.5. The van der Waals surface area contributed by atoms with Crippen LogP contribution in [0.3, 0.4) is 0 Å². The van der Waals surface area contributed by atoms with Crippen molar-refractivity contribution < 1.29 is 9.59 Å². The first-order valence-electron chi connectivity index (χ1n) is 10.8. The Hall–Kier alpha value is -3.38. The lowest BCUT2D eigenvalue weighted by atomic mass is 9.81. The molecule has 1 N–H and O–H groups in total. The molecule has 5 rings (SSSR count). The number of hydrogen-bond donors (Lipinski definition) is 1. The number of para-hydroxylation sites is 1. The lowest BCUT2D eigenvalue weighted by Gasteiger charge is -2.39. The van der Waals surface area contributed by atoms with Crippen molar-refractivity contribution in [1.29, 1.82) is 0 Å². The Labute approximate surface area is 201 Å². The van der Waals surface area contributed by atoms with E-state index >= 15 is 0 Å². The normalized spacial score (nSPS) is 17.8. The van der Waals surface area contributed by atoms with Crippen molar-refractivity contribution in [3.8, 4) is 0 Å². The molecular formula is C27H24BrN3O2. The fraction of sp³-hybridized carbons (Fsp3) is 0.185. The Kier molecular flexibility index (Phi) is 5.33. The number of benzene rings is 3. The molecule has 5 nitrogen and oxygen atoms in total. The molecular weight excluding hydrogens is 478 g/mol. The van der Waals surface area contributed by atoms with Crippen LogP contribution in [0.1, 0.15) is 39.1 Å². The van der Waals surface area contributed by atoms with Crippen LogP contribution in [-0.4, -0.2) is 28.3 Å². The average molecular weight is 502 g/mol. The number of anilines is 1. The zero-order valence-electron chi connectivity index (χ0n) is 18.7. The highest BCUT2D eigenvalue weighted by Crippen LogP contribution is 2.43. The lowest BCUT2D eigenvalue weighted by Crippen LogP contribution is -2.44. The first-order valence-corrected chi connectivity index (χ1v) is 11.6. The lowest BCUT2D eigenvalue weighted by molar-refractivity contribution is -0.119. The molecule has 3 aromatic carbocycles. The van der Waals surface area contributed by atoms with E-state index in [1.807, 2.05) is 62.5 Å². The van der Waals surface area contributed by atoms with Crippen LogP contribution < -0.4 is 5.32 Å². The van der Waals surface area contributed by atoms with E-state index in [9.17, 15) is 9.59 Å². The maximum atomic E-state index is 13.9. The van der Waals surface area contributed by atoms with Crippen LogP contribution in [0.5, 0.6) is 0 Å². The zero-order chi connectivity index (χ0) is 23.3. The summed E-state index contributed by atoms with van der Waals surface area (Å²) < 4.78 is 3.04. The second-order valence-corrected chi connectivity index (χ2v) is 9.48. The topological polar surface area (TPSA) is 54.3 Å². The average Bonchev–Trinajstić information content (AvgIpc) is 3.14. The van der Waals surface area contributed by atoms with Gasteiger partial charge in [-0.1, -0.05) is 52.3 Å². The molecule has 0 fully saturated rings. The van der Waals surface area contributed by atoms with Gasteiger partial charge in [0.2, 0.25) is 5.91 Å². The Morgan fingerprint density at radius 1 is 0.970 bits per heavy atom. The molecule has 0 saturated carbocycles. The number of carbonyl (C=O) groups excluding carboxylic acids is 2. The van der Waals surface area contributed by atoms with E-state index in [0.29, 0.717) is 5.56 Å². The van der Waals surface area contributed by atoms with Gasteiger partial charge in [0, 0.05) is 41.0 Å². The van der Waals surface area contributed by atoms with E-state index in [1.165, 1.54) is 0 Å². The number of amides is 2. The molecule has 1 aliphatic heterocycles. The molecule has 2 heterocycles. The van der Waals surface area contributed by atoms with Crippen molar-refractivity contribution in [3.63, 3.8) is 0 Å². The van der Waals surface area contributed by atoms with Crippen LogP contribution in [0.4, 0.5) is 5.69 Å². The molecule has 1 aliphatic rings. The molecule has 33 heavy (non-hydrogen) atoms. The predicted octanol–water partition coefficient (Wildman–Crippen LogP) is 5.80. The Morgan fingerprint density at radius 3 is 2.45 bits per heavy atom. The molecule has 0 saturated heterocycles. The van der Waals surface area contributed by atoms with Gasteiger partial charge in [0.05, 0.1) is 12.0 Å². The third kappa shape index (κ3) is 3.55. The van der Waals surface area contributed by atoms with E-state index in [0.717, 1.165) is 37.9 Å². The number of hydrogen-bond acceptors (Lipinski definition) is 2. The number of aryl methyl sites for hydroxylation is 2. The quantitative estimate of drug-likeness (QED) is 0.385. The fourth-order valence-corrected chi connectivity index (χ4v) is 5.37. The number of nitrogens with one attached hydrogen (secondary N) is 1. The van der Waals surface area contributed by atoms with Gasteiger partial charge in [-0.3, -0.25) is 9.59 Å². The molecule has 0 bridgehead atoms. The van der Waals surface area contributed by atoms with Gasteiger partial charge in [-0.2, -0.15) is 0 Å². The summed E-state index contributed by atoms with van der Waals surface area (Å²) >= 11 is 3.48. The molecule has 0 radical (unpaired) electrons. The second-order valence-electron chi connectivity index (χ2n) is 8.56. The number of halogens is 1. The number of rotatable bonds is 3. The summed E-state index contributed by atoms with van der Waals surface area (Å²) in [6.45, 7) is 1.96. The van der Waals surface area contributed by atoms with Crippen molar-refractivity contribution in [2.45, 2.75) is 18.9 Å². The van der Waals surface area contributed by atoms with E-state index in [4.69, 9.17) is 0 Å². The van der Waals surface area contributed by atoms with Crippen molar-refractivity contribution in [3.05, 3.63) is 99.7 Å². The van der Waals surface area contributed by atoms with Crippen LogP contribution >= 0.6 is 15.9 Å². The summed E-state index contributed by atoms with van der Waals surface area (Å²) in [7, 11) is 3.77. The van der Waals surface area contributed by atoms with Gasteiger partial charge in [-0.15, -0.1) is 0 Å². The standard InChI is InChI=1S/C27H24BrN3O2/c1-16-14-18(28)12-13-21(16)29-26(32)24-19-9-5-6-10-20(19)27(33)31(3)25(24)23-15-17-8-4-7-11-22(17)30(23)2/h4-15,24-25H,1-3H3,(H,29,32)/t24-,25+/m0/s1. The molecule has 2 atom stereocenters. The maximum absolute atomic E-state index is 13.9. The highest BCUT2D eigenvalue weighted by atomic mass is 79.9. The zero-order valence-corrected chi connectivity index (χ0v) is 20.3. The van der Waals surface area contributed by atoms with Crippen molar-refractivity contribution >= 4 is 44.3 Å². The van der Waals surface area contributed by atoms with Crippen LogP contribution in [0, 0.1) is 6.92 Å². The summed E-state index contributed by atoms with van der Waals surface area (Å²) in [5.41, 5.74) is 5.04. The minimum atomic E-state index is -0.560. The van der Waals surface area contributed by atoms with Gasteiger partial charge >= 0.3 is 0 Å². The van der Waals surface area contributed by atoms with Gasteiger partial charge in [0.1, 0.15) is 0 Å². The smallest absolute Gasteiger partial charge is 0.254 e. The molecule has 4 aromatic rings. The summed E-state index contributed by atoms with van der Waals surface area (Å²) in [4.78, 5) is 28.9. The molecule has 6 heteroatoms. The summed E-state index contributed by atoms with van der Waals surface area (Å²) in [5.74, 6) is -0.776. The maximum Gasteiger partial charge on any atom is 0.254 e. The van der Waals surface area contributed by atoms with Crippen LogP contribution in [0.2, 0.25) is 0 Å². The highest BCUT2D eigenvalue weighted by Gasteiger charge is 2.43. The molecule has 1 aromatic heterocycles. The summed E-state index contributed by atoms with van der Waals surface area (Å²) in [6, 6.07) is 23.0. The molecule has 166 valence electrons.